The first-order valence-corrected chi connectivity index (χ1v) is 6.98. The van der Waals surface area contributed by atoms with Gasteiger partial charge in [0.1, 0.15) is 5.69 Å². The fraction of sp³-hybridized carbons (Fsp3) is 0.250. The first kappa shape index (κ1) is 15.8. The lowest BCUT2D eigenvalue weighted by atomic mass is 10.1. The first-order valence-electron chi connectivity index (χ1n) is 6.98. The van der Waals surface area contributed by atoms with Gasteiger partial charge in [-0.2, -0.15) is 0 Å². The molecule has 0 atom stereocenters. The minimum absolute atomic E-state index is 0.241. The van der Waals surface area contributed by atoms with Gasteiger partial charge in [0, 0.05) is 26.3 Å². The van der Waals surface area contributed by atoms with Crippen LogP contribution in [0.1, 0.15) is 32.0 Å². The van der Waals surface area contributed by atoms with Crippen LogP contribution in [0, 0.1) is 0 Å². The molecule has 0 aliphatic carbocycles. The van der Waals surface area contributed by atoms with Gasteiger partial charge in [-0.05, 0) is 24.2 Å². The third-order valence-corrected chi connectivity index (χ3v) is 3.38. The van der Waals surface area contributed by atoms with E-state index in [4.69, 9.17) is 5.73 Å². The van der Waals surface area contributed by atoms with Crippen LogP contribution >= 0.6 is 0 Å². The zero-order valence-electron chi connectivity index (χ0n) is 12.7. The summed E-state index contributed by atoms with van der Waals surface area (Å²) in [5.41, 5.74) is 8.14. The van der Waals surface area contributed by atoms with Gasteiger partial charge in [-0.25, -0.2) is 0 Å². The predicted octanol–water partition coefficient (Wildman–Crippen LogP) is 0.773. The van der Waals surface area contributed by atoms with Crippen molar-refractivity contribution in [3.63, 3.8) is 0 Å². The van der Waals surface area contributed by atoms with Crippen LogP contribution in [0.3, 0.4) is 0 Å². The quantitative estimate of drug-likeness (QED) is 0.736. The fourth-order valence-electron chi connectivity index (χ4n) is 2.18. The molecule has 0 saturated carbocycles. The Kier molecular flexibility index (Phi) is 4.95. The fourth-order valence-corrected chi connectivity index (χ4v) is 2.18. The molecule has 22 heavy (non-hydrogen) atoms. The van der Waals surface area contributed by atoms with E-state index in [1.165, 1.54) is 11.6 Å². The molecule has 1 heterocycles. The number of rotatable bonds is 6. The number of carbonyl (C=O) groups is 2. The van der Waals surface area contributed by atoms with Crippen molar-refractivity contribution in [1.29, 1.82) is 0 Å². The third kappa shape index (κ3) is 3.73. The van der Waals surface area contributed by atoms with Crippen LogP contribution in [-0.4, -0.2) is 23.4 Å². The highest BCUT2D eigenvalue weighted by atomic mass is 16.2. The van der Waals surface area contributed by atoms with E-state index in [-0.39, 0.29) is 5.91 Å². The van der Waals surface area contributed by atoms with Crippen molar-refractivity contribution in [2.24, 2.45) is 12.8 Å². The Morgan fingerprint density at radius 3 is 2.23 bits per heavy atom. The normalized spacial score (nSPS) is 10.5. The number of carbonyl (C=O) groups excluding carboxylic acids is 2. The lowest BCUT2D eigenvalue weighted by Gasteiger charge is -2.07. The lowest BCUT2D eigenvalue weighted by molar-refractivity contribution is 0.0942. The SMILES string of the molecule is CNCc1ccc(CNC(=O)c2cc(C(N)=O)cn2C)cc1. The molecule has 116 valence electrons. The first-order chi connectivity index (χ1) is 10.5. The van der Waals surface area contributed by atoms with E-state index >= 15 is 0 Å². The molecule has 4 N–H and O–H groups in total. The second kappa shape index (κ2) is 6.91. The number of aromatic nitrogens is 1. The molecule has 0 saturated heterocycles. The van der Waals surface area contributed by atoms with Crippen molar-refractivity contribution in [3.8, 4) is 0 Å². The van der Waals surface area contributed by atoms with Gasteiger partial charge in [0.15, 0.2) is 0 Å². The number of nitrogens with zero attached hydrogens (tertiary/aromatic N) is 1. The molecule has 0 aliphatic heterocycles. The number of nitrogens with one attached hydrogen (secondary N) is 2. The minimum atomic E-state index is -0.547. The Hall–Kier alpha value is -2.60. The molecule has 2 aromatic rings. The van der Waals surface area contributed by atoms with Crippen LogP contribution in [0.25, 0.3) is 0 Å². The molecule has 0 spiro atoms. The van der Waals surface area contributed by atoms with Gasteiger partial charge >= 0.3 is 0 Å². The molecule has 2 amide bonds. The zero-order chi connectivity index (χ0) is 16.1. The lowest BCUT2D eigenvalue weighted by Crippen LogP contribution is -2.24. The Bertz CT molecular complexity index is 674. The van der Waals surface area contributed by atoms with Gasteiger partial charge in [-0.1, -0.05) is 24.3 Å². The maximum absolute atomic E-state index is 12.2. The van der Waals surface area contributed by atoms with Crippen molar-refractivity contribution in [3.05, 3.63) is 58.9 Å². The molecular weight excluding hydrogens is 280 g/mol. The summed E-state index contributed by atoms with van der Waals surface area (Å²) < 4.78 is 1.59. The number of hydrogen-bond acceptors (Lipinski definition) is 3. The van der Waals surface area contributed by atoms with Crippen LogP contribution in [0.15, 0.2) is 36.5 Å². The van der Waals surface area contributed by atoms with Gasteiger partial charge < -0.3 is 20.9 Å². The van der Waals surface area contributed by atoms with Crippen LogP contribution in [0.2, 0.25) is 0 Å². The van der Waals surface area contributed by atoms with E-state index in [0.29, 0.717) is 17.8 Å². The minimum Gasteiger partial charge on any atom is -0.366 e. The zero-order valence-corrected chi connectivity index (χ0v) is 12.7. The average molecular weight is 300 g/mol. The monoisotopic (exact) mass is 300 g/mol. The number of aryl methyl sites for hydroxylation is 1. The van der Waals surface area contributed by atoms with E-state index in [1.807, 2.05) is 31.3 Å². The van der Waals surface area contributed by atoms with E-state index in [0.717, 1.165) is 12.1 Å². The molecule has 1 aromatic heterocycles. The summed E-state index contributed by atoms with van der Waals surface area (Å²) in [6.45, 7) is 1.24. The van der Waals surface area contributed by atoms with E-state index in [9.17, 15) is 9.59 Å². The van der Waals surface area contributed by atoms with Gasteiger partial charge in [0.05, 0.1) is 5.56 Å². The summed E-state index contributed by atoms with van der Waals surface area (Å²) >= 11 is 0. The topological polar surface area (TPSA) is 89.2 Å². The van der Waals surface area contributed by atoms with Crippen molar-refractivity contribution >= 4 is 11.8 Å². The highest BCUT2D eigenvalue weighted by Crippen LogP contribution is 2.08. The van der Waals surface area contributed by atoms with Crippen molar-refractivity contribution < 1.29 is 9.59 Å². The smallest absolute Gasteiger partial charge is 0.268 e. The number of hydrogen-bond donors (Lipinski definition) is 3. The second-order valence-electron chi connectivity index (χ2n) is 5.12. The summed E-state index contributed by atoms with van der Waals surface area (Å²) in [6.07, 6.45) is 1.55. The molecule has 0 bridgehead atoms. The average Bonchev–Trinajstić information content (AvgIpc) is 2.89. The largest absolute Gasteiger partial charge is 0.366 e. The van der Waals surface area contributed by atoms with Gasteiger partial charge in [0.25, 0.3) is 5.91 Å². The summed E-state index contributed by atoms with van der Waals surface area (Å²) in [5, 5.41) is 5.91. The Morgan fingerprint density at radius 2 is 1.73 bits per heavy atom. The predicted molar refractivity (Wildman–Crippen MR) is 84.3 cm³/mol. The molecule has 6 nitrogen and oxygen atoms in total. The van der Waals surface area contributed by atoms with Gasteiger partial charge in [-0.15, -0.1) is 0 Å². The van der Waals surface area contributed by atoms with Crippen molar-refractivity contribution in [1.82, 2.24) is 15.2 Å². The molecule has 0 radical (unpaired) electrons. The molecule has 0 fully saturated rings. The maximum atomic E-state index is 12.2. The number of amides is 2. The van der Waals surface area contributed by atoms with Gasteiger partial charge in [0.2, 0.25) is 5.91 Å². The highest BCUT2D eigenvalue weighted by molar-refractivity contribution is 5.98. The molecule has 1 aromatic carbocycles. The van der Waals surface area contributed by atoms with Gasteiger partial charge in [-0.3, -0.25) is 9.59 Å². The Balaban J connectivity index is 1.99. The van der Waals surface area contributed by atoms with E-state index < -0.39 is 5.91 Å². The third-order valence-electron chi connectivity index (χ3n) is 3.38. The number of primary amides is 1. The Labute approximate surface area is 129 Å². The van der Waals surface area contributed by atoms with Crippen molar-refractivity contribution in [2.75, 3.05) is 7.05 Å². The molecule has 0 unspecified atom stereocenters. The Morgan fingerprint density at radius 1 is 1.14 bits per heavy atom. The molecule has 0 aliphatic rings. The van der Waals surface area contributed by atoms with Crippen LogP contribution in [0.5, 0.6) is 0 Å². The van der Waals surface area contributed by atoms with Crippen LogP contribution in [-0.2, 0) is 20.1 Å². The van der Waals surface area contributed by atoms with E-state index in [2.05, 4.69) is 10.6 Å². The summed E-state index contributed by atoms with van der Waals surface area (Å²) in [7, 11) is 3.60. The number of nitrogens with two attached hydrogens (primary N) is 1. The molecule has 2 rings (SSSR count). The molecule has 6 heteroatoms. The summed E-state index contributed by atoms with van der Waals surface area (Å²) in [4.78, 5) is 23.3. The second-order valence-corrected chi connectivity index (χ2v) is 5.12. The molecular formula is C16H20N4O2. The van der Waals surface area contributed by atoms with E-state index in [1.54, 1.807) is 17.8 Å². The van der Waals surface area contributed by atoms with Crippen LogP contribution < -0.4 is 16.4 Å². The summed E-state index contributed by atoms with van der Waals surface area (Å²) in [6, 6.07) is 9.49. The number of benzene rings is 1. The standard InChI is InChI=1S/C16H20N4O2/c1-18-8-11-3-5-12(6-4-11)9-19-16(22)14-7-13(15(17)21)10-20(14)2/h3-7,10,18H,8-9H2,1-2H3,(H2,17,21)(H,19,22). The van der Waals surface area contributed by atoms with Crippen molar-refractivity contribution in [2.45, 2.75) is 13.1 Å². The maximum Gasteiger partial charge on any atom is 0.268 e. The van der Waals surface area contributed by atoms with Crippen LogP contribution in [0.4, 0.5) is 0 Å². The highest BCUT2D eigenvalue weighted by Gasteiger charge is 2.13. The summed E-state index contributed by atoms with van der Waals surface area (Å²) in [5.74, 6) is -0.788.